The minimum absolute atomic E-state index is 0.213. The van der Waals surface area contributed by atoms with Gasteiger partial charge < -0.3 is 15.3 Å². The lowest BCUT2D eigenvalue weighted by Gasteiger charge is -2.35. The Labute approximate surface area is 167 Å². The van der Waals surface area contributed by atoms with Gasteiger partial charge in [-0.25, -0.2) is 9.37 Å². The van der Waals surface area contributed by atoms with Gasteiger partial charge in [-0.3, -0.25) is 9.78 Å². The maximum Gasteiger partial charge on any atom is 0.254 e. The summed E-state index contributed by atoms with van der Waals surface area (Å²) in [6.45, 7) is 1.43. The van der Waals surface area contributed by atoms with Gasteiger partial charge in [0.15, 0.2) is 5.82 Å². The Hall–Kier alpha value is -2.19. The zero-order valence-electron chi connectivity index (χ0n) is 15.6. The van der Waals surface area contributed by atoms with Crippen molar-refractivity contribution in [2.45, 2.75) is 30.0 Å². The molecule has 1 saturated carbocycles. The number of carbonyl (C=O) groups is 1. The van der Waals surface area contributed by atoms with E-state index in [4.69, 9.17) is 0 Å². The van der Waals surface area contributed by atoms with E-state index >= 15 is 0 Å². The quantitative estimate of drug-likeness (QED) is 0.765. The zero-order chi connectivity index (χ0) is 19.7. The number of aromatic nitrogens is 2. The molecule has 4 atom stereocenters. The second kappa shape index (κ2) is 8.05. The molecule has 0 unspecified atom stereocenters. The van der Waals surface area contributed by atoms with E-state index in [1.165, 1.54) is 18.0 Å². The fourth-order valence-corrected chi connectivity index (χ4v) is 4.93. The zero-order valence-corrected chi connectivity index (χ0v) is 16.4. The van der Waals surface area contributed by atoms with Gasteiger partial charge in [-0.2, -0.15) is 0 Å². The summed E-state index contributed by atoms with van der Waals surface area (Å²) in [7, 11) is 0. The van der Waals surface area contributed by atoms with E-state index in [9.17, 15) is 14.3 Å². The number of nitrogens with zero attached hydrogens (tertiary/aromatic N) is 3. The molecular weight excluding hydrogens is 379 g/mol. The van der Waals surface area contributed by atoms with Crippen molar-refractivity contribution in [2.75, 3.05) is 24.2 Å². The van der Waals surface area contributed by atoms with Gasteiger partial charge in [0.25, 0.3) is 5.91 Å². The Balaban J connectivity index is 1.44. The molecule has 0 radical (unpaired) electrons. The number of aliphatic hydroxyl groups excluding tert-OH is 1. The Kier molecular flexibility index (Phi) is 5.50. The number of carbonyl (C=O) groups excluding carboxylic acids is 1. The number of anilines is 1. The third-order valence-corrected chi connectivity index (χ3v) is 6.47. The third-order valence-electron chi connectivity index (χ3n) is 5.76. The Morgan fingerprint density at radius 3 is 2.82 bits per heavy atom. The third kappa shape index (κ3) is 3.71. The van der Waals surface area contributed by atoms with Crippen molar-refractivity contribution in [1.29, 1.82) is 0 Å². The normalized spacial score (nSPS) is 26.8. The summed E-state index contributed by atoms with van der Waals surface area (Å²) < 4.78 is 14.1. The van der Waals surface area contributed by atoms with Crippen molar-refractivity contribution < 1.29 is 14.3 Å². The van der Waals surface area contributed by atoms with Crippen LogP contribution in [0.3, 0.4) is 0 Å². The molecule has 2 aromatic heterocycles. The van der Waals surface area contributed by atoms with E-state index < -0.39 is 6.10 Å². The van der Waals surface area contributed by atoms with Gasteiger partial charge in [-0.15, -0.1) is 11.8 Å². The number of aliphatic hydroxyl groups is 1. The number of fused-ring (bicyclic) bond motifs is 1. The van der Waals surface area contributed by atoms with Gasteiger partial charge in [-0.05, 0) is 49.1 Å². The maximum atomic E-state index is 14.1. The lowest BCUT2D eigenvalue weighted by Crippen LogP contribution is -2.49. The van der Waals surface area contributed by atoms with Crippen LogP contribution in [0.15, 0.2) is 41.8 Å². The van der Waals surface area contributed by atoms with Crippen LogP contribution in [-0.4, -0.2) is 52.5 Å². The average Bonchev–Trinajstić information content (AvgIpc) is 3.10. The predicted octanol–water partition coefficient (Wildman–Crippen LogP) is 2.34. The van der Waals surface area contributed by atoms with Crippen LogP contribution in [0.2, 0.25) is 0 Å². The van der Waals surface area contributed by atoms with Crippen molar-refractivity contribution in [2.24, 2.45) is 11.8 Å². The smallest absolute Gasteiger partial charge is 0.254 e. The van der Waals surface area contributed by atoms with E-state index in [1.807, 2.05) is 11.2 Å². The molecule has 0 aromatic carbocycles. The summed E-state index contributed by atoms with van der Waals surface area (Å²) in [5, 5.41) is 14.3. The highest BCUT2D eigenvalue weighted by Gasteiger charge is 2.42. The molecule has 1 saturated heterocycles. The lowest BCUT2D eigenvalue weighted by molar-refractivity contribution is 0.0461. The van der Waals surface area contributed by atoms with Gasteiger partial charge in [-0.1, -0.05) is 0 Å². The molecule has 6 nitrogen and oxygen atoms in total. The van der Waals surface area contributed by atoms with Crippen LogP contribution in [0.5, 0.6) is 0 Å². The van der Waals surface area contributed by atoms with Crippen LogP contribution >= 0.6 is 11.8 Å². The summed E-state index contributed by atoms with van der Waals surface area (Å²) in [6.07, 6.45) is 7.03. The Bertz CT molecular complexity index is 868. The molecule has 0 spiro atoms. The minimum atomic E-state index is -0.609. The predicted molar refractivity (Wildman–Crippen MR) is 106 cm³/mol. The molecule has 148 valence electrons. The van der Waals surface area contributed by atoms with Gasteiger partial charge >= 0.3 is 0 Å². The largest absolute Gasteiger partial charge is 0.391 e. The van der Waals surface area contributed by atoms with Crippen LogP contribution in [0.25, 0.3) is 0 Å². The second-order valence-corrected chi connectivity index (χ2v) is 8.23. The standard InChI is InChI=1S/C20H23FN4O2S/c1-28-20-14(3-2-5-23-20)19(27)24-16-7-12-10-25(11-13(12)8-18(16)26)17-4-6-22-9-15(17)21/h2-6,9,12-13,16,18,26H,7-8,10-11H2,1H3,(H,24,27)/t12-,13+,16-,18-/m0/s1. The van der Waals surface area contributed by atoms with Gasteiger partial charge in [0.2, 0.25) is 0 Å². The highest BCUT2D eigenvalue weighted by molar-refractivity contribution is 7.98. The van der Waals surface area contributed by atoms with E-state index in [0.29, 0.717) is 48.1 Å². The second-order valence-electron chi connectivity index (χ2n) is 7.43. The monoisotopic (exact) mass is 402 g/mol. The first-order valence-corrected chi connectivity index (χ1v) is 10.6. The number of halogens is 1. The lowest BCUT2D eigenvalue weighted by atomic mass is 9.77. The molecule has 8 heteroatoms. The first-order chi connectivity index (χ1) is 13.6. The Morgan fingerprint density at radius 1 is 1.29 bits per heavy atom. The SMILES string of the molecule is CSc1ncccc1C(=O)N[C@H]1C[C@H]2CN(c3ccncc3F)C[C@H]2C[C@@H]1O. The summed E-state index contributed by atoms with van der Waals surface area (Å²) in [6, 6.07) is 4.86. The highest BCUT2D eigenvalue weighted by atomic mass is 32.2. The van der Waals surface area contributed by atoms with Crippen molar-refractivity contribution in [1.82, 2.24) is 15.3 Å². The molecule has 28 heavy (non-hydrogen) atoms. The van der Waals surface area contributed by atoms with Crippen LogP contribution in [-0.2, 0) is 0 Å². The van der Waals surface area contributed by atoms with Gasteiger partial charge in [0, 0.05) is 25.5 Å². The number of hydrogen-bond donors (Lipinski definition) is 2. The highest BCUT2D eigenvalue weighted by Crippen LogP contribution is 2.39. The Morgan fingerprint density at radius 2 is 2.07 bits per heavy atom. The fourth-order valence-electron chi connectivity index (χ4n) is 4.38. The fraction of sp³-hybridized carbons (Fsp3) is 0.450. The molecule has 3 heterocycles. The number of pyridine rings is 2. The first-order valence-electron chi connectivity index (χ1n) is 9.39. The van der Waals surface area contributed by atoms with Crippen LogP contribution in [0, 0.1) is 17.7 Å². The van der Waals surface area contributed by atoms with Crippen molar-refractivity contribution in [3.8, 4) is 0 Å². The molecule has 2 fully saturated rings. The number of thioether (sulfide) groups is 1. The van der Waals surface area contributed by atoms with E-state index in [1.54, 1.807) is 30.6 Å². The van der Waals surface area contributed by atoms with Crippen LogP contribution in [0.4, 0.5) is 10.1 Å². The molecule has 2 N–H and O–H groups in total. The maximum absolute atomic E-state index is 14.1. The number of rotatable bonds is 4. The molecule has 4 rings (SSSR count). The van der Waals surface area contributed by atoms with Gasteiger partial charge in [0.05, 0.1) is 29.6 Å². The minimum Gasteiger partial charge on any atom is -0.391 e. The molecule has 0 bridgehead atoms. The van der Waals surface area contributed by atoms with E-state index in [-0.39, 0.29) is 23.7 Å². The van der Waals surface area contributed by atoms with E-state index in [0.717, 1.165) is 0 Å². The van der Waals surface area contributed by atoms with Gasteiger partial charge in [0.1, 0.15) is 5.03 Å². The van der Waals surface area contributed by atoms with Crippen molar-refractivity contribution in [3.63, 3.8) is 0 Å². The van der Waals surface area contributed by atoms with Crippen LogP contribution < -0.4 is 10.2 Å². The molecule has 1 aliphatic carbocycles. The van der Waals surface area contributed by atoms with Crippen LogP contribution in [0.1, 0.15) is 23.2 Å². The van der Waals surface area contributed by atoms with Crippen molar-refractivity contribution in [3.05, 3.63) is 48.2 Å². The molecule has 2 aliphatic rings. The summed E-state index contributed by atoms with van der Waals surface area (Å²) in [4.78, 5) is 22.8. The molecular formula is C20H23FN4O2S. The topological polar surface area (TPSA) is 78.4 Å². The van der Waals surface area contributed by atoms with Crippen molar-refractivity contribution >= 4 is 23.4 Å². The first kappa shape index (κ1) is 19.1. The molecule has 1 amide bonds. The number of amides is 1. The summed E-state index contributed by atoms with van der Waals surface area (Å²) in [5.74, 6) is 0.0498. The molecule has 1 aliphatic heterocycles. The summed E-state index contributed by atoms with van der Waals surface area (Å²) >= 11 is 1.42. The number of nitrogens with one attached hydrogen (secondary N) is 1. The average molecular weight is 402 g/mol. The number of hydrogen-bond acceptors (Lipinski definition) is 6. The van der Waals surface area contributed by atoms with E-state index in [2.05, 4.69) is 15.3 Å². The summed E-state index contributed by atoms with van der Waals surface area (Å²) in [5.41, 5.74) is 1.08. The molecule has 2 aromatic rings.